The van der Waals surface area contributed by atoms with E-state index in [9.17, 15) is 4.79 Å². The molecule has 0 spiro atoms. The van der Waals surface area contributed by atoms with Crippen LogP contribution in [0.5, 0.6) is 0 Å². The van der Waals surface area contributed by atoms with Crippen LogP contribution in [0.25, 0.3) is 0 Å². The largest absolute Gasteiger partial charge is 0.381 e. The smallest absolute Gasteiger partial charge is 0.120 e. The second-order valence-electron chi connectivity index (χ2n) is 1.81. The van der Waals surface area contributed by atoms with Crippen molar-refractivity contribution in [2.75, 3.05) is 13.2 Å². The van der Waals surface area contributed by atoms with Crippen molar-refractivity contribution in [2.45, 2.75) is 6.42 Å². The first-order valence-electron chi connectivity index (χ1n) is 2.45. The molecule has 1 rings (SSSR count). The number of ether oxygens (including phenoxy) is 1. The van der Waals surface area contributed by atoms with Crippen LogP contribution < -0.4 is 0 Å². The van der Waals surface area contributed by atoms with Gasteiger partial charge in [0.2, 0.25) is 0 Å². The monoisotopic (exact) mass is 100 g/mol. The summed E-state index contributed by atoms with van der Waals surface area (Å²) >= 11 is 0. The Morgan fingerprint density at radius 2 is 2.43 bits per heavy atom. The third kappa shape index (κ3) is 0.996. The van der Waals surface area contributed by atoms with Gasteiger partial charge in [0.25, 0.3) is 0 Å². The molecule has 0 saturated carbocycles. The normalized spacial score (nSPS) is 21.1. The van der Waals surface area contributed by atoms with Gasteiger partial charge in [-0.3, -0.25) is 0 Å². The predicted molar refractivity (Wildman–Crippen MR) is 25.0 cm³/mol. The molecule has 2 heteroatoms. The summed E-state index contributed by atoms with van der Waals surface area (Å²) in [6.45, 7) is 1.58. The standard InChI is InChI=1S/C5H8O2/c6-2-1-5-3-7-4-5/h2,5H,1,3-4H2. The maximum atomic E-state index is 9.75. The lowest BCUT2D eigenvalue weighted by Crippen LogP contribution is -2.27. The van der Waals surface area contributed by atoms with Gasteiger partial charge < -0.3 is 9.53 Å². The molecule has 0 radical (unpaired) electrons. The SMILES string of the molecule is O=CCC1COC1. The first-order chi connectivity index (χ1) is 3.43. The minimum atomic E-state index is 0.539. The van der Waals surface area contributed by atoms with Crippen LogP contribution in [0.2, 0.25) is 0 Å². The van der Waals surface area contributed by atoms with Crippen molar-refractivity contribution in [3.8, 4) is 0 Å². The van der Waals surface area contributed by atoms with Gasteiger partial charge in [-0.15, -0.1) is 0 Å². The first-order valence-corrected chi connectivity index (χ1v) is 2.45. The van der Waals surface area contributed by atoms with Crippen molar-refractivity contribution < 1.29 is 9.53 Å². The summed E-state index contributed by atoms with van der Waals surface area (Å²) in [5.41, 5.74) is 0. The van der Waals surface area contributed by atoms with Crippen molar-refractivity contribution in [1.29, 1.82) is 0 Å². The van der Waals surface area contributed by atoms with E-state index in [1.165, 1.54) is 0 Å². The Morgan fingerprint density at radius 1 is 1.71 bits per heavy atom. The van der Waals surface area contributed by atoms with Crippen molar-refractivity contribution in [3.63, 3.8) is 0 Å². The van der Waals surface area contributed by atoms with E-state index in [2.05, 4.69) is 0 Å². The molecule has 0 unspecified atom stereocenters. The number of aldehydes is 1. The Hall–Kier alpha value is -0.370. The molecule has 2 nitrogen and oxygen atoms in total. The zero-order chi connectivity index (χ0) is 5.11. The van der Waals surface area contributed by atoms with E-state index in [1.54, 1.807) is 0 Å². The number of hydrogen-bond donors (Lipinski definition) is 0. The lowest BCUT2D eigenvalue weighted by Gasteiger charge is -2.23. The van der Waals surface area contributed by atoms with Crippen molar-refractivity contribution in [1.82, 2.24) is 0 Å². The molecule has 0 bridgehead atoms. The van der Waals surface area contributed by atoms with Crippen molar-refractivity contribution in [3.05, 3.63) is 0 Å². The molecule has 0 aromatic carbocycles. The van der Waals surface area contributed by atoms with Gasteiger partial charge in [0.05, 0.1) is 13.2 Å². The summed E-state index contributed by atoms with van der Waals surface area (Å²) in [6.07, 6.45) is 1.63. The van der Waals surface area contributed by atoms with Crippen LogP contribution in [0.3, 0.4) is 0 Å². The molecule has 1 fully saturated rings. The lowest BCUT2D eigenvalue weighted by molar-refractivity contribution is -0.113. The van der Waals surface area contributed by atoms with Gasteiger partial charge in [0.1, 0.15) is 6.29 Å². The van der Waals surface area contributed by atoms with Gasteiger partial charge in [0, 0.05) is 12.3 Å². The summed E-state index contributed by atoms with van der Waals surface area (Å²) in [7, 11) is 0. The van der Waals surface area contributed by atoms with Gasteiger partial charge in [-0.2, -0.15) is 0 Å². The van der Waals surface area contributed by atoms with E-state index >= 15 is 0 Å². The zero-order valence-electron chi connectivity index (χ0n) is 4.09. The molecule has 1 aliphatic rings. The van der Waals surface area contributed by atoms with Crippen LogP contribution in [0.4, 0.5) is 0 Å². The maximum absolute atomic E-state index is 9.75. The van der Waals surface area contributed by atoms with E-state index in [0.717, 1.165) is 19.5 Å². The summed E-state index contributed by atoms with van der Waals surface area (Å²) in [5.74, 6) is 0.539. The molecule has 7 heavy (non-hydrogen) atoms. The predicted octanol–water partition coefficient (Wildman–Crippen LogP) is 0.222. The molecule has 40 valence electrons. The van der Waals surface area contributed by atoms with E-state index in [-0.39, 0.29) is 0 Å². The van der Waals surface area contributed by atoms with Crippen molar-refractivity contribution in [2.24, 2.45) is 5.92 Å². The molecule has 0 aromatic rings. The average molecular weight is 100 g/mol. The third-order valence-corrected chi connectivity index (χ3v) is 1.14. The van der Waals surface area contributed by atoms with Crippen LogP contribution in [-0.2, 0) is 9.53 Å². The zero-order valence-corrected chi connectivity index (χ0v) is 4.09. The van der Waals surface area contributed by atoms with Crippen LogP contribution in [0, 0.1) is 5.92 Å². The molecule has 0 aliphatic carbocycles. The second kappa shape index (κ2) is 2.07. The minimum absolute atomic E-state index is 0.539. The van der Waals surface area contributed by atoms with Gasteiger partial charge in [-0.05, 0) is 0 Å². The Morgan fingerprint density at radius 3 is 2.57 bits per heavy atom. The third-order valence-electron chi connectivity index (χ3n) is 1.14. The van der Waals surface area contributed by atoms with Crippen LogP contribution in [-0.4, -0.2) is 19.5 Å². The summed E-state index contributed by atoms with van der Waals surface area (Å²) in [4.78, 5) is 9.75. The molecule has 1 saturated heterocycles. The molecule has 0 atom stereocenters. The maximum Gasteiger partial charge on any atom is 0.120 e. The van der Waals surface area contributed by atoms with Crippen LogP contribution in [0.1, 0.15) is 6.42 Å². The number of hydrogen-bond acceptors (Lipinski definition) is 2. The Kier molecular flexibility index (Phi) is 1.42. The Balaban J connectivity index is 2.03. The van der Waals surface area contributed by atoms with Gasteiger partial charge in [-0.1, -0.05) is 0 Å². The van der Waals surface area contributed by atoms with E-state index in [0.29, 0.717) is 12.3 Å². The van der Waals surface area contributed by atoms with Crippen LogP contribution >= 0.6 is 0 Å². The van der Waals surface area contributed by atoms with E-state index in [1.807, 2.05) is 0 Å². The first kappa shape index (κ1) is 4.78. The van der Waals surface area contributed by atoms with Gasteiger partial charge >= 0.3 is 0 Å². The highest BCUT2D eigenvalue weighted by atomic mass is 16.5. The second-order valence-corrected chi connectivity index (χ2v) is 1.81. The Labute approximate surface area is 42.5 Å². The van der Waals surface area contributed by atoms with Crippen molar-refractivity contribution >= 4 is 6.29 Å². The fourth-order valence-corrected chi connectivity index (χ4v) is 0.557. The molecule has 0 N–H and O–H groups in total. The Bertz CT molecular complexity index is 66.5. The minimum Gasteiger partial charge on any atom is -0.381 e. The average Bonchev–Trinajstić information content (AvgIpc) is 1.55. The molecular weight excluding hydrogens is 92.1 g/mol. The topological polar surface area (TPSA) is 26.3 Å². The van der Waals surface area contributed by atoms with Gasteiger partial charge in [-0.25, -0.2) is 0 Å². The highest BCUT2D eigenvalue weighted by Crippen LogP contribution is 2.11. The fraction of sp³-hybridized carbons (Fsp3) is 0.800. The number of carbonyl (C=O) groups excluding carboxylic acids is 1. The molecule has 0 aromatic heterocycles. The van der Waals surface area contributed by atoms with E-state index in [4.69, 9.17) is 4.74 Å². The number of carbonyl (C=O) groups is 1. The summed E-state index contributed by atoms with van der Waals surface area (Å²) in [6, 6.07) is 0. The van der Waals surface area contributed by atoms with Gasteiger partial charge in [0.15, 0.2) is 0 Å². The molecule has 0 amide bonds. The number of rotatable bonds is 2. The summed E-state index contributed by atoms with van der Waals surface area (Å²) < 4.78 is 4.83. The highest BCUT2D eigenvalue weighted by molar-refractivity contribution is 5.49. The fourth-order valence-electron chi connectivity index (χ4n) is 0.557. The van der Waals surface area contributed by atoms with E-state index < -0.39 is 0 Å². The highest BCUT2D eigenvalue weighted by Gasteiger charge is 2.16. The lowest BCUT2D eigenvalue weighted by atomic mass is 10.1. The quantitative estimate of drug-likeness (QED) is 0.464. The molecule has 1 aliphatic heterocycles. The molecule has 1 heterocycles. The summed E-state index contributed by atoms with van der Waals surface area (Å²) in [5, 5.41) is 0. The van der Waals surface area contributed by atoms with Crippen LogP contribution in [0.15, 0.2) is 0 Å². The molecular formula is C5H8O2.